The topological polar surface area (TPSA) is 78.8 Å². The highest BCUT2D eigenvalue weighted by Gasteiger charge is 2.27. The van der Waals surface area contributed by atoms with Crippen molar-refractivity contribution in [1.82, 2.24) is 5.43 Å². The molecule has 6 nitrogen and oxygen atoms in total. The van der Waals surface area contributed by atoms with Crippen LogP contribution in [0.3, 0.4) is 0 Å². The van der Waals surface area contributed by atoms with Crippen LogP contribution in [-0.4, -0.2) is 27.1 Å². The average Bonchev–Trinajstić information content (AvgIpc) is 2.79. The van der Waals surface area contributed by atoms with Gasteiger partial charge in [-0.15, -0.1) is 0 Å². The van der Waals surface area contributed by atoms with Gasteiger partial charge in [-0.3, -0.25) is 9.10 Å². The maximum atomic E-state index is 13.4. The third-order valence-electron chi connectivity index (χ3n) is 5.10. The number of hydrazone groups is 1. The summed E-state index contributed by atoms with van der Waals surface area (Å²) in [7, 11) is -4.00. The van der Waals surface area contributed by atoms with Crippen molar-refractivity contribution in [2.45, 2.75) is 31.6 Å². The van der Waals surface area contributed by atoms with Crippen LogP contribution in [0.15, 0.2) is 76.7 Å². The molecule has 178 valence electrons. The fourth-order valence-corrected chi connectivity index (χ4v) is 5.00. The number of nitrogens with one attached hydrogen (secondary N) is 1. The largest absolute Gasteiger partial charge is 0.271 e. The minimum atomic E-state index is -4.00. The van der Waals surface area contributed by atoms with Crippen LogP contribution in [0.25, 0.3) is 0 Å². The van der Waals surface area contributed by atoms with E-state index in [2.05, 4.69) is 10.5 Å². The monoisotopic (exact) mass is 517 g/mol. The van der Waals surface area contributed by atoms with Crippen molar-refractivity contribution in [2.24, 2.45) is 5.10 Å². The molecular weight excluding hydrogens is 493 g/mol. The zero-order valence-electron chi connectivity index (χ0n) is 19.0. The molecule has 0 radical (unpaired) electrons. The molecule has 34 heavy (non-hydrogen) atoms. The van der Waals surface area contributed by atoms with Crippen molar-refractivity contribution in [3.63, 3.8) is 0 Å². The molecule has 0 fully saturated rings. The summed E-state index contributed by atoms with van der Waals surface area (Å²) in [6.45, 7) is 5.52. The van der Waals surface area contributed by atoms with Gasteiger partial charge in [0.05, 0.1) is 21.8 Å². The van der Waals surface area contributed by atoms with Crippen LogP contribution in [0.5, 0.6) is 0 Å². The van der Waals surface area contributed by atoms with E-state index < -0.39 is 22.5 Å². The smallest absolute Gasteiger partial charge is 0.264 e. The summed E-state index contributed by atoms with van der Waals surface area (Å²) in [6, 6.07) is 18.5. The lowest BCUT2D eigenvalue weighted by molar-refractivity contribution is -0.119. The normalized spacial score (nSPS) is 11.7. The SMILES string of the molecule is Cc1ccc(S(=O)(=O)N(CC(=O)N/N=C\c2ccc(Cl)cc2Cl)c2ccc(C(C)C)cc2)cc1. The van der Waals surface area contributed by atoms with E-state index in [4.69, 9.17) is 23.2 Å². The number of carbonyl (C=O) groups excluding carboxylic acids is 1. The number of nitrogens with zero attached hydrogens (tertiary/aromatic N) is 2. The van der Waals surface area contributed by atoms with Crippen molar-refractivity contribution in [2.75, 3.05) is 10.8 Å². The Morgan fingerprint density at radius 2 is 1.68 bits per heavy atom. The van der Waals surface area contributed by atoms with E-state index in [0.29, 0.717) is 21.3 Å². The highest BCUT2D eigenvalue weighted by Crippen LogP contribution is 2.26. The Kier molecular flexibility index (Phi) is 8.36. The van der Waals surface area contributed by atoms with Crippen LogP contribution in [-0.2, 0) is 14.8 Å². The summed E-state index contributed by atoms with van der Waals surface area (Å²) in [5.74, 6) is -0.321. The van der Waals surface area contributed by atoms with E-state index in [0.717, 1.165) is 15.4 Å². The molecule has 0 spiro atoms. The van der Waals surface area contributed by atoms with Gasteiger partial charge in [-0.05, 0) is 54.8 Å². The number of hydrogen-bond donors (Lipinski definition) is 1. The first-order valence-corrected chi connectivity index (χ1v) is 12.7. The van der Waals surface area contributed by atoms with Crippen LogP contribution in [0.4, 0.5) is 5.69 Å². The first-order chi connectivity index (χ1) is 16.1. The second-order valence-corrected chi connectivity index (χ2v) is 10.7. The van der Waals surface area contributed by atoms with Crippen LogP contribution < -0.4 is 9.73 Å². The number of aryl methyl sites for hydroxylation is 1. The summed E-state index contributed by atoms with van der Waals surface area (Å²) in [5.41, 5.74) is 5.29. The van der Waals surface area contributed by atoms with Gasteiger partial charge in [0.25, 0.3) is 15.9 Å². The molecule has 0 aliphatic heterocycles. The Labute approximate surface area is 210 Å². The molecule has 0 unspecified atom stereocenters. The van der Waals surface area contributed by atoms with E-state index in [1.807, 2.05) is 32.9 Å². The lowest BCUT2D eigenvalue weighted by Gasteiger charge is -2.24. The maximum Gasteiger partial charge on any atom is 0.264 e. The van der Waals surface area contributed by atoms with Crippen molar-refractivity contribution < 1.29 is 13.2 Å². The summed E-state index contributed by atoms with van der Waals surface area (Å²) in [4.78, 5) is 12.8. The summed E-state index contributed by atoms with van der Waals surface area (Å²) in [6.07, 6.45) is 1.37. The highest BCUT2D eigenvalue weighted by atomic mass is 35.5. The Morgan fingerprint density at radius 3 is 2.26 bits per heavy atom. The molecule has 0 heterocycles. The van der Waals surface area contributed by atoms with E-state index in [1.54, 1.807) is 42.5 Å². The molecule has 0 aliphatic rings. The van der Waals surface area contributed by atoms with Gasteiger partial charge in [-0.1, -0.05) is 72.9 Å². The quantitative estimate of drug-likeness (QED) is 0.304. The molecule has 3 aromatic rings. The predicted octanol–water partition coefficient (Wildman–Crippen LogP) is 5.77. The molecule has 1 N–H and O–H groups in total. The van der Waals surface area contributed by atoms with Gasteiger partial charge < -0.3 is 0 Å². The Bertz CT molecular complexity index is 1290. The molecule has 0 saturated heterocycles. The number of sulfonamides is 1. The maximum absolute atomic E-state index is 13.4. The minimum absolute atomic E-state index is 0.0929. The number of hydrogen-bond acceptors (Lipinski definition) is 4. The first-order valence-electron chi connectivity index (χ1n) is 10.5. The Balaban J connectivity index is 1.86. The van der Waals surface area contributed by atoms with E-state index in [-0.39, 0.29) is 10.8 Å². The minimum Gasteiger partial charge on any atom is -0.271 e. The van der Waals surface area contributed by atoms with Gasteiger partial charge in [0.15, 0.2) is 0 Å². The number of halogens is 2. The Hall–Kier alpha value is -2.87. The van der Waals surface area contributed by atoms with Gasteiger partial charge in [0.2, 0.25) is 0 Å². The van der Waals surface area contributed by atoms with E-state index in [1.165, 1.54) is 18.3 Å². The van der Waals surface area contributed by atoms with E-state index in [9.17, 15) is 13.2 Å². The predicted molar refractivity (Wildman–Crippen MR) is 138 cm³/mol. The van der Waals surface area contributed by atoms with Crippen molar-refractivity contribution >= 4 is 51.0 Å². The second kappa shape index (κ2) is 11.0. The number of anilines is 1. The molecule has 0 saturated carbocycles. The number of amides is 1. The summed E-state index contributed by atoms with van der Waals surface area (Å²) in [5, 5.41) is 4.76. The average molecular weight is 518 g/mol. The van der Waals surface area contributed by atoms with Crippen molar-refractivity contribution in [3.8, 4) is 0 Å². The number of carbonyl (C=O) groups is 1. The molecule has 0 bridgehead atoms. The van der Waals surface area contributed by atoms with Crippen LogP contribution >= 0.6 is 23.2 Å². The fraction of sp³-hybridized carbons (Fsp3) is 0.200. The third-order valence-corrected chi connectivity index (χ3v) is 7.45. The molecule has 3 rings (SSSR count). The molecule has 9 heteroatoms. The fourth-order valence-electron chi connectivity index (χ4n) is 3.12. The van der Waals surface area contributed by atoms with Gasteiger partial charge in [0.1, 0.15) is 6.54 Å². The Morgan fingerprint density at radius 1 is 1.03 bits per heavy atom. The lowest BCUT2D eigenvalue weighted by atomic mass is 10.0. The van der Waals surface area contributed by atoms with Crippen LogP contribution in [0, 0.1) is 6.92 Å². The third kappa shape index (κ3) is 6.38. The number of rotatable bonds is 8. The number of benzene rings is 3. The molecule has 1 amide bonds. The van der Waals surface area contributed by atoms with Gasteiger partial charge in [0, 0.05) is 10.6 Å². The first kappa shape index (κ1) is 25.7. The van der Waals surface area contributed by atoms with Crippen molar-refractivity contribution in [3.05, 3.63) is 93.5 Å². The van der Waals surface area contributed by atoms with E-state index >= 15 is 0 Å². The standard InChI is InChI=1S/C25H25Cl2N3O3S/c1-17(2)19-7-10-22(11-8-19)30(34(32,33)23-12-4-18(3)5-13-23)16-25(31)29-28-15-20-6-9-21(26)14-24(20)27/h4-15,17H,16H2,1-3H3,(H,29,31)/b28-15-. The highest BCUT2D eigenvalue weighted by molar-refractivity contribution is 7.92. The second-order valence-electron chi connectivity index (χ2n) is 8.03. The molecule has 0 aromatic heterocycles. The zero-order valence-corrected chi connectivity index (χ0v) is 21.3. The van der Waals surface area contributed by atoms with Crippen LogP contribution in [0.1, 0.15) is 36.5 Å². The zero-order chi connectivity index (χ0) is 24.9. The molecule has 0 aliphatic carbocycles. The van der Waals surface area contributed by atoms with Crippen molar-refractivity contribution in [1.29, 1.82) is 0 Å². The van der Waals surface area contributed by atoms with Gasteiger partial charge in [-0.2, -0.15) is 5.10 Å². The van der Waals surface area contributed by atoms with Gasteiger partial charge >= 0.3 is 0 Å². The molecular formula is C25H25Cl2N3O3S. The lowest BCUT2D eigenvalue weighted by Crippen LogP contribution is -2.39. The molecule has 0 atom stereocenters. The molecule has 3 aromatic carbocycles. The summed E-state index contributed by atoms with van der Waals surface area (Å²) < 4.78 is 28.0. The summed E-state index contributed by atoms with van der Waals surface area (Å²) >= 11 is 12.0. The van der Waals surface area contributed by atoms with Crippen LogP contribution in [0.2, 0.25) is 10.0 Å². The van der Waals surface area contributed by atoms with Gasteiger partial charge in [-0.25, -0.2) is 13.8 Å².